The Hall–Kier alpha value is -1.29. The first-order valence-corrected chi connectivity index (χ1v) is 4.25. The van der Waals surface area contributed by atoms with Gasteiger partial charge in [0.2, 0.25) is 0 Å². The summed E-state index contributed by atoms with van der Waals surface area (Å²) in [6.45, 7) is 4.55. The Morgan fingerprint density at radius 3 is 3.00 bits per heavy atom. The molecule has 2 N–H and O–H groups in total. The van der Waals surface area contributed by atoms with E-state index in [1.807, 2.05) is 13.8 Å². The highest BCUT2D eigenvalue weighted by atomic mass is 16.6. The van der Waals surface area contributed by atoms with E-state index in [1.54, 1.807) is 18.3 Å². The van der Waals surface area contributed by atoms with Crippen molar-refractivity contribution < 1.29 is 9.63 Å². The summed E-state index contributed by atoms with van der Waals surface area (Å²) in [5, 5.41) is 0. The van der Waals surface area contributed by atoms with Crippen LogP contribution in [0.1, 0.15) is 24.3 Å². The first kappa shape index (κ1) is 9.80. The standard InChI is InChI=1S/C9H14N2O2/c1-7(2)6-13-11-9(12)8-4-3-5-10-8/h3-5,7,10H,6H2,1-2H3,(H,11,12). The third-order valence-corrected chi connectivity index (χ3v) is 1.42. The molecule has 0 aliphatic heterocycles. The third-order valence-electron chi connectivity index (χ3n) is 1.42. The molecule has 72 valence electrons. The zero-order valence-corrected chi connectivity index (χ0v) is 7.83. The van der Waals surface area contributed by atoms with Crippen LogP contribution in [-0.4, -0.2) is 17.5 Å². The molecule has 1 rings (SSSR count). The van der Waals surface area contributed by atoms with Crippen LogP contribution in [0.5, 0.6) is 0 Å². The Morgan fingerprint density at radius 2 is 2.46 bits per heavy atom. The van der Waals surface area contributed by atoms with Crippen LogP contribution in [0.15, 0.2) is 18.3 Å². The molecule has 0 spiro atoms. The van der Waals surface area contributed by atoms with E-state index in [0.717, 1.165) is 0 Å². The summed E-state index contributed by atoms with van der Waals surface area (Å²) >= 11 is 0. The van der Waals surface area contributed by atoms with Crippen molar-refractivity contribution >= 4 is 5.91 Å². The largest absolute Gasteiger partial charge is 0.357 e. The second kappa shape index (κ2) is 4.67. The van der Waals surface area contributed by atoms with E-state index in [4.69, 9.17) is 4.84 Å². The van der Waals surface area contributed by atoms with Crippen molar-refractivity contribution in [3.05, 3.63) is 24.0 Å². The average Bonchev–Trinajstić information content (AvgIpc) is 2.55. The number of amides is 1. The molecule has 1 aromatic rings. The normalized spacial score (nSPS) is 10.4. The lowest BCUT2D eigenvalue weighted by Crippen LogP contribution is -2.25. The van der Waals surface area contributed by atoms with Crippen molar-refractivity contribution in [2.45, 2.75) is 13.8 Å². The van der Waals surface area contributed by atoms with Gasteiger partial charge in [0.1, 0.15) is 5.69 Å². The topological polar surface area (TPSA) is 54.1 Å². The number of nitrogens with one attached hydrogen (secondary N) is 2. The molecule has 0 saturated heterocycles. The quantitative estimate of drug-likeness (QED) is 0.690. The molecule has 0 aliphatic carbocycles. The minimum Gasteiger partial charge on any atom is -0.357 e. The number of aromatic amines is 1. The maximum Gasteiger partial charge on any atom is 0.291 e. The molecule has 1 heterocycles. The zero-order chi connectivity index (χ0) is 9.68. The van der Waals surface area contributed by atoms with Crippen molar-refractivity contribution in [2.24, 2.45) is 5.92 Å². The van der Waals surface area contributed by atoms with Crippen LogP contribution < -0.4 is 5.48 Å². The van der Waals surface area contributed by atoms with E-state index >= 15 is 0 Å². The lowest BCUT2D eigenvalue weighted by molar-refractivity contribution is 0.0205. The predicted octanol–water partition coefficient (Wildman–Crippen LogP) is 1.33. The molecule has 0 saturated carbocycles. The molecular formula is C9H14N2O2. The van der Waals surface area contributed by atoms with Crippen LogP contribution in [0.4, 0.5) is 0 Å². The Kier molecular flexibility index (Phi) is 3.52. The van der Waals surface area contributed by atoms with Gasteiger partial charge in [-0.05, 0) is 18.1 Å². The van der Waals surface area contributed by atoms with Gasteiger partial charge in [-0.15, -0.1) is 0 Å². The van der Waals surface area contributed by atoms with Crippen molar-refractivity contribution in [2.75, 3.05) is 6.61 Å². The summed E-state index contributed by atoms with van der Waals surface area (Å²) in [5.74, 6) is 0.162. The van der Waals surface area contributed by atoms with Crippen LogP contribution in [-0.2, 0) is 4.84 Å². The van der Waals surface area contributed by atoms with Crippen molar-refractivity contribution in [1.29, 1.82) is 0 Å². The van der Waals surface area contributed by atoms with Gasteiger partial charge in [0.25, 0.3) is 5.91 Å². The number of hydrogen-bond acceptors (Lipinski definition) is 2. The number of hydrogen-bond donors (Lipinski definition) is 2. The van der Waals surface area contributed by atoms with Gasteiger partial charge in [-0.1, -0.05) is 13.8 Å². The van der Waals surface area contributed by atoms with Crippen LogP contribution in [0.3, 0.4) is 0 Å². The van der Waals surface area contributed by atoms with Crippen molar-refractivity contribution in [3.8, 4) is 0 Å². The Balaban J connectivity index is 2.27. The highest BCUT2D eigenvalue weighted by Crippen LogP contribution is 1.95. The molecule has 0 aromatic carbocycles. The van der Waals surface area contributed by atoms with Gasteiger partial charge in [-0.25, -0.2) is 5.48 Å². The van der Waals surface area contributed by atoms with Gasteiger partial charge < -0.3 is 4.98 Å². The molecule has 0 aliphatic rings. The highest BCUT2D eigenvalue weighted by molar-refractivity contribution is 5.91. The lowest BCUT2D eigenvalue weighted by Gasteiger charge is -2.06. The molecule has 0 bridgehead atoms. The second-order valence-corrected chi connectivity index (χ2v) is 3.22. The van der Waals surface area contributed by atoms with Crippen LogP contribution in [0.2, 0.25) is 0 Å². The van der Waals surface area contributed by atoms with Gasteiger partial charge >= 0.3 is 0 Å². The average molecular weight is 182 g/mol. The Labute approximate surface area is 77.2 Å². The maximum absolute atomic E-state index is 11.2. The minimum atomic E-state index is -0.245. The van der Waals surface area contributed by atoms with Gasteiger partial charge in [0, 0.05) is 6.20 Å². The molecule has 4 nitrogen and oxygen atoms in total. The third kappa shape index (κ3) is 3.29. The van der Waals surface area contributed by atoms with Gasteiger partial charge in [0.15, 0.2) is 0 Å². The summed E-state index contributed by atoms with van der Waals surface area (Å²) in [6, 6.07) is 3.45. The maximum atomic E-state index is 11.2. The van der Waals surface area contributed by atoms with Crippen LogP contribution in [0.25, 0.3) is 0 Å². The highest BCUT2D eigenvalue weighted by Gasteiger charge is 2.04. The van der Waals surface area contributed by atoms with Gasteiger partial charge in [-0.3, -0.25) is 9.63 Å². The zero-order valence-electron chi connectivity index (χ0n) is 7.83. The number of hydroxylamine groups is 1. The van der Waals surface area contributed by atoms with Gasteiger partial charge in [-0.2, -0.15) is 0 Å². The smallest absolute Gasteiger partial charge is 0.291 e. The Morgan fingerprint density at radius 1 is 1.69 bits per heavy atom. The number of aromatic nitrogens is 1. The van der Waals surface area contributed by atoms with E-state index in [1.165, 1.54) is 0 Å². The van der Waals surface area contributed by atoms with E-state index in [-0.39, 0.29) is 5.91 Å². The monoisotopic (exact) mass is 182 g/mol. The number of rotatable bonds is 4. The molecule has 1 amide bonds. The molecule has 4 heteroatoms. The molecule has 1 aromatic heterocycles. The summed E-state index contributed by atoms with van der Waals surface area (Å²) in [4.78, 5) is 19.0. The van der Waals surface area contributed by atoms with Crippen molar-refractivity contribution in [3.63, 3.8) is 0 Å². The van der Waals surface area contributed by atoms with Crippen LogP contribution in [0, 0.1) is 5.92 Å². The fourth-order valence-electron chi connectivity index (χ4n) is 0.800. The van der Waals surface area contributed by atoms with E-state index in [2.05, 4.69) is 10.5 Å². The predicted molar refractivity (Wildman–Crippen MR) is 49.0 cm³/mol. The fourth-order valence-corrected chi connectivity index (χ4v) is 0.800. The summed E-state index contributed by atoms with van der Waals surface area (Å²) in [6.07, 6.45) is 1.69. The molecule has 13 heavy (non-hydrogen) atoms. The van der Waals surface area contributed by atoms with E-state index in [9.17, 15) is 4.79 Å². The first-order chi connectivity index (χ1) is 6.20. The number of carbonyl (C=O) groups excluding carboxylic acids is 1. The van der Waals surface area contributed by atoms with Gasteiger partial charge in [0.05, 0.1) is 6.61 Å². The molecule has 0 atom stereocenters. The summed E-state index contributed by atoms with van der Waals surface area (Å²) in [7, 11) is 0. The molecule has 0 fully saturated rings. The molecular weight excluding hydrogens is 168 g/mol. The number of carbonyl (C=O) groups is 1. The summed E-state index contributed by atoms with van der Waals surface area (Å²) < 4.78 is 0. The van der Waals surface area contributed by atoms with E-state index in [0.29, 0.717) is 18.2 Å². The summed E-state index contributed by atoms with van der Waals surface area (Å²) in [5.41, 5.74) is 2.85. The van der Waals surface area contributed by atoms with E-state index < -0.39 is 0 Å². The minimum absolute atomic E-state index is 0.245. The molecule has 0 radical (unpaired) electrons. The van der Waals surface area contributed by atoms with Crippen molar-refractivity contribution in [1.82, 2.24) is 10.5 Å². The first-order valence-electron chi connectivity index (χ1n) is 4.25. The Bertz CT molecular complexity index is 255. The lowest BCUT2D eigenvalue weighted by atomic mass is 10.2. The SMILES string of the molecule is CC(C)CONC(=O)c1ccc[nH]1. The second-order valence-electron chi connectivity index (χ2n) is 3.22. The fraction of sp³-hybridized carbons (Fsp3) is 0.444. The number of H-pyrrole nitrogens is 1. The molecule has 0 unspecified atom stereocenters. The van der Waals surface area contributed by atoms with Crippen LogP contribution >= 0.6 is 0 Å².